The van der Waals surface area contributed by atoms with E-state index in [0.717, 1.165) is 0 Å². The average Bonchev–Trinajstić information content (AvgIpc) is 2.35. The molecule has 7 heteroatoms. The zero-order valence-corrected chi connectivity index (χ0v) is 12.2. The van der Waals surface area contributed by atoms with E-state index in [-0.39, 0.29) is 18.2 Å². The summed E-state index contributed by atoms with van der Waals surface area (Å²) < 4.78 is 25.8. The second-order valence-corrected chi connectivity index (χ2v) is 7.29. The number of halogens is 1. The molecule has 0 spiro atoms. The second-order valence-electron chi connectivity index (χ2n) is 4.94. The number of nitrogens with zero attached hydrogens (tertiary/aromatic N) is 2. The Kier molecular flexibility index (Phi) is 4.45. The van der Waals surface area contributed by atoms with Crippen LogP contribution in [0.25, 0.3) is 0 Å². The van der Waals surface area contributed by atoms with Gasteiger partial charge in [-0.25, -0.2) is 13.4 Å². The predicted molar refractivity (Wildman–Crippen MR) is 73.2 cm³/mol. The third-order valence-electron chi connectivity index (χ3n) is 3.41. The van der Waals surface area contributed by atoms with Crippen LogP contribution in [0, 0.1) is 5.92 Å². The molecule has 1 aliphatic rings. The van der Waals surface area contributed by atoms with E-state index in [1.807, 2.05) is 6.92 Å². The maximum absolute atomic E-state index is 12.2. The van der Waals surface area contributed by atoms with Crippen molar-refractivity contribution >= 4 is 21.6 Å². The van der Waals surface area contributed by atoms with Crippen LogP contribution in [-0.2, 0) is 15.8 Å². The van der Waals surface area contributed by atoms with E-state index in [0.29, 0.717) is 23.7 Å². The Labute approximate surface area is 118 Å². The second kappa shape index (κ2) is 5.75. The smallest absolute Gasteiger partial charge is 0.218 e. The molecule has 0 aliphatic carbocycles. The maximum atomic E-state index is 12.2. The Morgan fingerprint density at radius 2 is 2.26 bits per heavy atom. The van der Waals surface area contributed by atoms with Crippen LogP contribution in [0.15, 0.2) is 18.3 Å². The topological polar surface area (TPSA) is 70.5 Å². The third-order valence-corrected chi connectivity index (χ3v) is 5.45. The van der Waals surface area contributed by atoms with E-state index in [1.165, 1.54) is 10.5 Å². The van der Waals surface area contributed by atoms with Crippen LogP contribution in [0.1, 0.15) is 18.9 Å². The summed E-state index contributed by atoms with van der Waals surface area (Å²) in [5.41, 5.74) is 0.595. The molecule has 0 saturated carbocycles. The maximum Gasteiger partial charge on any atom is 0.218 e. The van der Waals surface area contributed by atoms with Gasteiger partial charge in [0, 0.05) is 19.3 Å². The highest BCUT2D eigenvalue weighted by Gasteiger charge is 2.31. The molecule has 5 nitrogen and oxygen atoms in total. The molecular formula is C12H17ClN2O3S. The summed E-state index contributed by atoms with van der Waals surface area (Å²) >= 11 is 5.66. The number of sulfonamides is 1. The third kappa shape index (κ3) is 3.66. The fraction of sp³-hybridized carbons (Fsp3) is 0.583. The molecule has 1 aromatic rings. The Morgan fingerprint density at radius 1 is 1.53 bits per heavy atom. The number of hydrogen-bond acceptors (Lipinski definition) is 4. The van der Waals surface area contributed by atoms with Crippen LogP contribution in [-0.4, -0.2) is 42.0 Å². The first-order valence-electron chi connectivity index (χ1n) is 6.15. The van der Waals surface area contributed by atoms with Crippen molar-refractivity contribution in [2.24, 2.45) is 5.92 Å². The van der Waals surface area contributed by atoms with Crippen molar-refractivity contribution in [1.82, 2.24) is 9.29 Å². The van der Waals surface area contributed by atoms with E-state index in [4.69, 9.17) is 11.6 Å². The highest BCUT2D eigenvalue weighted by atomic mass is 35.5. The molecule has 1 aromatic heterocycles. The minimum absolute atomic E-state index is 0.113. The highest BCUT2D eigenvalue weighted by molar-refractivity contribution is 7.88. The number of rotatable bonds is 3. The van der Waals surface area contributed by atoms with Gasteiger partial charge in [0.15, 0.2) is 0 Å². The summed E-state index contributed by atoms with van der Waals surface area (Å²) in [6, 6.07) is 3.22. The fourth-order valence-corrected chi connectivity index (χ4v) is 3.72. The standard InChI is InChI=1S/C12H17ClN2O3S/c1-9-4-5-15(7-11(9)16)19(17,18)8-10-2-3-12(13)14-6-10/h2-3,6,9,11,16H,4-5,7-8H2,1H3. The molecule has 0 amide bonds. The number of pyridine rings is 1. The molecule has 2 atom stereocenters. The summed E-state index contributed by atoms with van der Waals surface area (Å²) in [6.45, 7) is 2.56. The molecular weight excluding hydrogens is 288 g/mol. The number of hydrogen-bond donors (Lipinski definition) is 1. The van der Waals surface area contributed by atoms with E-state index in [2.05, 4.69) is 4.98 Å². The van der Waals surface area contributed by atoms with Crippen molar-refractivity contribution in [3.05, 3.63) is 29.0 Å². The number of aliphatic hydroxyl groups is 1. The minimum atomic E-state index is -3.42. The minimum Gasteiger partial charge on any atom is -0.391 e. The van der Waals surface area contributed by atoms with Crippen LogP contribution in [0.4, 0.5) is 0 Å². The molecule has 106 valence electrons. The number of aliphatic hydroxyl groups excluding tert-OH is 1. The van der Waals surface area contributed by atoms with Gasteiger partial charge in [-0.3, -0.25) is 0 Å². The lowest BCUT2D eigenvalue weighted by Gasteiger charge is -2.33. The van der Waals surface area contributed by atoms with Gasteiger partial charge in [0.05, 0.1) is 11.9 Å². The first-order chi connectivity index (χ1) is 8.88. The quantitative estimate of drug-likeness (QED) is 0.854. The molecule has 2 heterocycles. The molecule has 0 bridgehead atoms. The fourth-order valence-electron chi connectivity index (χ4n) is 2.07. The van der Waals surface area contributed by atoms with Crippen LogP contribution in [0.2, 0.25) is 5.15 Å². The van der Waals surface area contributed by atoms with Crippen LogP contribution < -0.4 is 0 Å². The predicted octanol–water partition coefficient (Wildman–Crippen LogP) is 1.27. The number of aromatic nitrogens is 1. The summed E-state index contributed by atoms with van der Waals surface area (Å²) in [5, 5.41) is 10.1. The first-order valence-corrected chi connectivity index (χ1v) is 8.13. The van der Waals surface area contributed by atoms with Gasteiger partial charge in [-0.2, -0.15) is 4.31 Å². The van der Waals surface area contributed by atoms with Gasteiger partial charge in [-0.15, -0.1) is 0 Å². The van der Waals surface area contributed by atoms with E-state index in [9.17, 15) is 13.5 Å². The lowest BCUT2D eigenvalue weighted by molar-refractivity contribution is 0.0604. The lowest BCUT2D eigenvalue weighted by atomic mass is 9.98. The molecule has 2 rings (SSSR count). The first kappa shape index (κ1) is 14.7. The van der Waals surface area contributed by atoms with Crippen LogP contribution >= 0.6 is 11.6 Å². The van der Waals surface area contributed by atoms with Crippen molar-refractivity contribution in [3.8, 4) is 0 Å². The normalized spacial score (nSPS) is 25.4. The largest absolute Gasteiger partial charge is 0.391 e. The summed E-state index contributed by atoms with van der Waals surface area (Å²) in [7, 11) is -3.42. The highest BCUT2D eigenvalue weighted by Crippen LogP contribution is 2.21. The Hall–Kier alpha value is -0.690. The molecule has 19 heavy (non-hydrogen) atoms. The SMILES string of the molecule is CC1CCN(S(=O)(=O)Cc2ccc(Cl)nc2)CC1O. The molecule has 1 saturated heterocycles. The van der Waals surface area contributed by atoms with Crippen molar-refractivity contribution < 1.29 is 13.5 Å². The Bertz CT molecular complexity index is 532. The average molecular weight is 305 g/mol. The summed E-state index contributed by atoms with van der Waals surface area (Å²) in [4.78, 5) is 3.87. The number of β-amino-alcohol motifs (C(OH)–C–C–N with tert-alkyl or cyclic N) is 1. The Morgan fingerprint density at radius 3 is 2.84 bits per heavy atom. The van der Waals surface area contributed by atoms with Crippen molar-refractivity contribution in [2.75, 3.05) is 13.1 Å². The van der Waals surface area contributed by atoms with Gasteiger partial charge in [0.1, 0.15) is 5.15 Å². The van der Waals surface area contributed by atoms with Crippen molar-refractivity contribution in [2.45, 2.75) is 25.2 Å². The van der Waals surface area contributed by atoms with Gasteiger partial charge >= 0.3 is 0 Å². The summed E-state index contributed by atoms with van der Waals surface area (Å²) in [6.07, 6.45) is 1.55. The lowest BCUT2D eigenvalue weighted by Crippen LogP contribution is -2.46. The van der Waals surface area contributed by atoms with Gasteiger partial charge in [0.25, 0.3) is 0 Å². The van der Waals surface area contributed by atoms with E-state index >= 15 is 0 Å². The van der Waals surface area contributed by atoms with Gasteiger partial charge in [-0.1, -0.05) is 24.6 Å². The van der Waals surface area contributed by atoms with Crippen molar-refractivity contribution in [3.63, 3.8) is 0 Å². The number of piperidine rings is 1. The molecule has 1 aliphatic heterocycles. The van der Waals surface area contributed by atoms with Gasteiger partial charge < -0.3 is 5.11 Å². The zero-order chi connectivity index (χ0) is 14.0. The van der Waals surface area contributed by atoms with Crippen LogP contribution in [0.5, 0.6) is 0 Å². The van der Waals surface area contributed by atoms with Gasteiger partial charge in [0.2, 0.25) is 10.0 Å². The zero-order valence-electron chi connectivity index (χ0n) is 10.7. The van der Waals surface area contributed by atoms with E-state index in [1.54, 1.807) is 12.1 Å². The molecule has 0 aromatic carbocycles. The molecule has 0 radical (unpaired) electrons. The summed E-state index contributed by atoms with van der Waals surface area (Å²) in [5.74, 6) is 0.0294. The van der Waals surface area contributed by atoms with Gasteiger partial charge in [-0.05, 0) is 24.0 Å². The molecule has 2 unspecified atom stereocenters. The Balaban J connectivity index is 2.08. The van der Waals surface area contributed by atoms with Crippen molar-refractivity contribution in [1.29, 1.82) is 0 Å². The van der Waals surface area contributed by atoms with E-state index < -0.39 is 16.1 Å². The van der Waals surface area contributed by atoms with Crippen LogP contribution in [0.3, 0.4) is 0 Å². The molecule has 1 N–H and O–H groups in total. The monoisotopic (exact) mass is 304 g/mol. The molecule has 1 fully saturated rings.